The van der Waals surface area contributed by atoms with E-state index in [2.05, 4.69) is 0 Å². The number of aryl methyl sites for hydroxylation is 1. The fraction of sp³-hybridized carbons (Fsp3) is 0.545. The van der Waals surface area contributed by atoms with Crippen molar-refractivity contribution in [1.82, 2.24) is 0 Å². The largest absolute Gasteiger partial charge is 0.479 e. The van der Waals surface area contributed by atoms with Crippen molar-refractivity contribution in [1.29, 1.82) is 0 Å². The van der Waals surface area contributed by atoms with Crippen LogP contribution in [-0.2, 0) is 9.53 Å². The zero-order chi connectivity index (χ0) is 12.3. The summed E-state index contributed by atoms with van der Waals surface area (Å²) in [7, 11) is 0. The molecule has 16 heavy (non-hydrogen) atoms. The molecular formula is C11H16O4S. The lowest BCUT2D eigenvalue weighted by atomic mass is 10.2. The van der Waals surface area contributed by atoms with Gasteiger partial charge in [-0.15, -0.1) is 11.3 Å². The first-order chi connectivity index (χ1) is 7.43. The molecule has 90 valence electrons. The molecule has 0 saturated carbocycles. The van der Waals surface area contributed by atoms with Crippen LogP contribution >= 0.6 is 11.3 Å². The summed E-state index contributed by atoms with van der Waals surface area (Å²) in [5.41, 5.74) is 0.898. The number of carbonyl (C=O) groups is 1. The molecule has 4 nitrogen and oxygen atoms in total. The standard InChI is InChI=1S/C11H16O4S/c1-6-4-5-16-10(6)9(11(13)14)15-8(3)7(2)12/h4-5,7-9,12H,1-3H3,(H,13,14). The first-order valence-corrected chi connectivity index (χ1v) is 5.91. The number of hydrogen-bond acceptors (Lipinski definition) is 4. The molecule has 1 aromatic rings. The molecule has 1 rings (SSSR count). The van der Waals surface area contributed by atoms with Crippen LogP contribution in [-0.4, -0.2) is 28.4 Å². The van der Waals surface area contributed by atoms with Crippen molar-refractivity contribution in [2.24, 2.45) is 0 Å². The van der Waals surface area contributed by atoms with Crippen molar-refractivity contribution >= 4 is 17.3 Å². The highest BCUT2D eigenvalue weighted by molar-refractivity contribution is 7.10. The summed E-state index contributed by atoms with van der Waals surface area (Å²) in [5.74, 6) is -1.03. The van der Waals surface area contributed by atoms with Gasteiger partial charge in [0, 0.05) is 4.88 Å². The second-order valence-electron chi connectivity index (χ2n) is 3.77. The summed E-state index contributed by atoms with van der Waals surface area (Å²) in [6.45, 7) is 5.08. The maximum atomic E-state index is 11.1. The molecule has 0 saturated heterocycles. The van der Waals surface area contributed by atoms with Gasteiger partial charge in [-0.2, -0.15) is 0 Å². The normalized spacial score (nSPS) is 16.8. The van der Waals surface area contributed by atoms with Gasteiger partial charge in [0.05, 0.1) is 12.2 Å². The molecule has 5 heteroatoms. The van der Waals surface area contributed by atoms with Crippen LogP contribution in [0.1, 0.15) is 30.4 Å². The predicted octanol–water partition coefficient (Wildman–Crippen LogP) is 1.97. The van der Waals surface area contributed by atoms with Crippen LogP contribution in [0, 0.1) is 6.92 Å². The fourth-order valence-corrected chi connectivity index (χ4v) is 2.17. The second-order valence-corrected chi connectivity index (χ2v) is 4.72. The number of aliphatic carboxylic acids is 1. The maximum Gasteiger partial charge on any atom is 0.338 e. The molecule has 0 bridgehead atoms. The van der Waals surface area contributed by atoms with Gasteiger partial charge in [0.15, 0.2) is 6.10 Å². The predicted molar refractivity (Wildman–Crippen MR) is 61.7 cm³/mol. The summed E-state index contributed by atoms with van der Waals surface area (Å²) in [6, 6.07) is 1.85. The molecule has 3 unspecified atom stereocenters. The highest BCUT2D eigenvalue weighted by atomic mass is 32.1. The van der Waals surface area contributed by atoms with E-state index in [0.29, 0.717) is 4.88 Å². The van der Waals surface area contributed by atoms with E-state index in [-0.39, 0.29) is 0 Å². The third-order valence-corrected chi connectivity index (χ3v) is 3.46. The van der Waals surface area contributed by atoms with Gasteiger partial charge in [-0.3, -0.25) is 0 Å². The number of carboxylic acid groups (broad SMARTS) is 1. The number of aliphatic hydroxyl groups excluding tert-OH is 1. The van der Waals surface area contributed by atoms with E-state index < -0.39 is 24.3 Å². The molecule has 1 heterocycles. The monoisotopic (exact) mass is 244 g/mol. The zero-order valence-electron chi connectivity index (χ0n) is 9.51. The van der Waals surface area contributed by atoms with Gasteiger partial charge in [-0.1, -0.05) is 0 Å². The molecule has 0 aromatic carbocycles. The highest BCUT2D eigenvalue weighted by Crippen LogP contribution is 2.28. The molecule has 0 aliphatic carbocycles. The Labute approximate surface area is 98.5 Å². The molecule has 3 atom stereocenters. The molecule has 0 spiro atoms. The Morgan fingerprint density at radius 2 is 2.12 bits per heavy atom. The first kappa shape index (κ1) is 13.2. The molecule has 0 fully saturated rings. The van der Waals surface area contributed by atoms with Gasteiger partial charge < -0.3 is 14.9 Å². The van der Waals surface area contributed by atoms with E-state index in [1.807, 2.05) is 18.4 Å². The third kappa shape index (κ3) is 3.04. The van der Waals surface area contributed by atoms with E-state index >= 15 is 0 Å². The number of aliphatic hydroxyl groups is 1. The summed E-state index contributed by atoms with van der Waals surface area (Å²) in [4.78, 5) is 11.8. The van der Waals surface area contributed by atoms with Gasteiger partial charge in [-0.25, -0.2) is 4.79 Å². The molecule has 0 amide bonds. The van der Waals surface area contributed by atoms with Crippen LogP contribution in [0.5, 0.6) is 0 Å². The van der Waals surface area contributed by atoms with Crippen LogP contribution in [0.4, 0.5) is 0 Å². The van der Waals surface area contributed by atoms with Gasteiger partial charge in [-0.05, 0) is 37.8 Å². The van der Waals surface area contributed by atoms with Crippen molar-refractivity contribution in [2.45, 2.75) is 39.1 Å². The number of thiophene rings is 1. The average Bonchev–Trinajstić information content (AvgIpc) is 2.59. The quantitative estimate of drug-likeness (QED) is 0.831. The Morgan fingerprint density at radius 1 is 1.50 bits per heavy atom. The number of carboxylic acids is 1. The minimum atomic E-state index is -1.03. The summed E-state index contributed by atoms with van der Waals surface area (Å²) in [6.07, 6.45) is -2.20. The number of rotatable bonds is 5. The Morgan fingerprint density at radius 3 is 2.50 bits per heavy atom. The summed E-state index contributed by atoms with van der Waals surface area (Å²) < 4.78 is 5.36. The Balaban J connectivity index is 2.85. The minimum absolute atomic E-state index is 0.511. The van der Waals surface area contributed by atoms with E-state index in [9.17, 15) is 9.90 Å². The second kappa shape index (κ2) is 5.43. The maximum absolute atomic E-state index is 11.1. The molecule has 2 N–H and O–H groups in total. The van der Waals surface area contributed by atoms with E-state index in [4.69, 9.17) is 9.84 Å². The fourth-order valence-electron chi connectivity index (χ4n) is 1.21. The average molecular weight is 244 g/mol. The van der Waals surface area contributed by atoms with Crippen LogP contribution in [0.15, 0.2) is 11.4 Å². The molecule has 0 aliphatic heterocycles. The number of ether oxygens (including phenoxy) is 1. The van der Waals surface area contributed by atoms with Crippen LogP contribution < -0.4 is 0 Å². The lowest BCUT2D eigenvalue weighted by Crippen LogP contribution is -2.28. The van der Waals surface area contributed by atoms with Gasteiger partial charge >= 0.3 is 5.97 Å². The molecule has 1 aromatic heterocycles. The molecular weight excluding hydrogens is 228 g/mol. The van der Waals surface area contributed by atoms with Crippen LogP contribution in [0.2, 0.25) is 0 Å². The zero-order valence-corrected chi connectivity index (χ0v) is 10.3. The van der Waals surface area contributed by atoms with Crippen molar-refractivity contribution < 1.29 is 19.7 Å². The summed E-state index contributed by atoms with van der Waals surface area (Å²) in [5, 5.41) is 20.2. The lowest BCUT2D eigenvalue weighted by molar-refractivity contribution is -0.158. The minimum Gasteiger partial charge on any atom is -0.479 e. The van der Waals surface area contributed by atoms with Crippen LogP contribution in [0.3, 0.4) is 0 Å². The van der Waals surface area contributed by atoms with Crippen molar-refractivity contribution in [3.63, 3.8) is 0 Å². The van der Waals surface area contributed by atoms with Gasteiger partial charge in [0.2, 0.25) is 0 Å². The topological polar surface area (TPSA) is 66.8 Å². The van der Waals surface area contributed by atoms with Crippen molar-refractivity contribution in [2.75, 3.05) is 0 Å². The number of hydrogen-bond donors (Lipinski definition) is 2. The smallest absolute Gasteiger partial charge is 0.338 e. The Hall–Kier alpha value is -0.910. The van der Waals surface area contributed by atoms with Crippen molar-refractivity contribution in [3.8, 4) is 0 Å². The van der Waals surface area contributed by atoms with Gasteiger partial charge in [0.1, 0.15) is 0 Å². The van der Waals surface area contributed by atoms with Crippen molar-refractivity contribution in [3.05, 3.63) is 21.9 Å². The SMILES string of the molecule is Cc1ccsc1C(OC(C)C(C)O)C(=O)O. The van der Waals surface area contributed by atoms with Crippen LogP contribution in [0.25, 0.3) is 0 Å². The first-order valence-electron chi connectivity index (χ1n) is 5.03. The molecule has 0 aliphatic rings. The highest BCUT2D eigenvalue weighted by Gasteiger charge is 2.27. The third-order valence-electron chi connectivity index (χ3n) is 2.39. The van der Waals surface area contributed by atoms with E-state index in [1.54, 1.807) is 13.8 Å². The lowest BCUT2D eigenvalue weighted by Gasteiger charge is -2.21. The van der Waals surface area contributed by atoms with Gasteiger partial charge in [0.25, 0.3) is 0 Å². The Kier molecular flexibility index (Phi) is 4.46. The molecule has 0 radical (unpaired) electrons. The van der Waals surface area contributed by atoms with E-state index in [0.717, 1.165) is 5.56 Å². The summed E-state index contributed by atoms with van der Waals surface area (Å²) >= 11 is 1.35. The van der Waals surface area contributed by atoms with E-state index in [1.165, 1.54) is 11.3 Å². The Bertz CT molecular complexity index is 359.